The fourth-order valence-corrected chi connectivity index (χ4v) is 8.17. The van der Waals surface area contributed by atoms with Gasteiger partial charge in [0.2, 0.25) is 0 Å². The van der Waals surface area contributed by atoms with E-state index in [9.17, 15) is 37.9 Å². The number of esters is 2. The lowest BCUT2D eigenvalue weighted by Gasteiger charge is -2.40. The van der Waals surface area contributed by atoms with Crippen LogP contribution in [0.1, 0.15) is 200 Å². The first kappa shape index (κ1) is 60.4. The molecule has 0 radical (unpaired) electrons. The topological polar surface area (TPSA) is 186 Å². The van der Waals surface area contributed by atoms with Crippen molar-refractivity contribution in [2.45, 2.75) is 237 Å². The minimum atomic E-state index is -4.61. The van der Waals surface area contributed by atoms with Gasteiger partial charge in [-0.2, -0.15) is 8.42 Å². The molecule has 0 aromatic carbocycles. The number of aliphatic hydroxyl groups is 3. The summed E-state index contributed by atoms with van der Waals surface area (Å²) in [5.74, 6) is -2.06. The molecule has 4 N–H and O–H groups in total. The predicted molar refractivity (Wildman–Crippen MR) is 261 cm³/mol. The molecule has 13 heteroatoms. The molecule has 1 aliphatic heterocycles. The summed E-state index contributed by atoms with van der Waals surface area (Å²) in [5.41, 5.74) is 0. The Kier molecular flexibility index (Phi) is 38.6. The van der Waals surface area contributed by atoms with E-state index < -0.39 is 71.2 Å². The van der Waals surface area contributed by atoms with E-state index in [1.54, 1.807) is 0 Å². The molecule has 0 bridgehead atoms. The van der Waals surface area contributed by atoms with Crippen molar-refractivity contribution in [1.82, 2.24) is 0 Å². The van der Waals surface area contributed by atoms with Crippen molar-refractivity contribution in [3.05, 3.63) is 60.8 Å². The Labute approximate surface area is 394 Å². The summed E-state index contributed by atoms with van der Waals surface area (Å²) in [4.78, 5) is 25.5. The largest absolute Gasteiger partial charge is 0.462 e. The van der Waals surface area contributed by atoms with E-state index in [1.165, 1.54) is 103 Å². The fourth-order valence-electron chi connectivity index (χ4n) is 7.48. The van der Waals surface area contributed by atoms with Crippen LogP contribution in [0.4, 0.5) is 0 Å². The van der Waals surface area contributed by atoms with Gasteiger partial charge in [-0.3, -0.25) is 14.1 Å². The maximum atomic E-state index is 12.8. The molecule has 1 heterocycles. The summed E-state index contributed by atoms with van der Waals surface area (Å²) in [6.45, 7) is 3.62. The fraction of sp³-hybridized carbons (Fsp3) is 0.769. The van der Waals surface area contributed by atoms with Gasteiger partial charge >= 0.3 is 11.9 Å². The highest BCUT2D eigenvalue weighted by Crippen LogP contribution is 2.24. The van der Waals surface area contributed by atoms with Crippen LogP contribution in [-0.4, -0.2) is 96.0 Å². The minimum absolute atomic E-state index is 0.0854. The van der Waals surface area contributed by atoms with Gasteiger partial charge in [0.05, 0.1) is 6.61 Å². The molecule has 376 valence electrons. The molecule has 65 heavy (non-hydrogen) atoms. The first-order chi connectivity index (χ1) is 31.5. The molecular weight excluding hydrogens is 849 g/mol. The highest BCUT2D eigenvalue weighted by atomic mass is 32.2. The molecule has 1 saturated heterocycles. The van der Waals surface area contributed by atoms with E-state index in [0.717, 1.165) is 51.4 Å². The van der Waals surface area contributed by atoms with Crippen LogP contribution >= 0.6 is 0 Å². The molecular formula is C52H90O12S. The smallest absolute Gasteiger partial charge is 0.306 e. The van der Waals surface area contributed by atoms with Gasteiger partial charge in [-0.1, -0.05) is 197 Å². The number of ether oxygens (including phenoxy) is 4. The van der Waals surface area contributed by atoms with Crippen LogP contribution in [0.2, 0.25) is 0 Å². The van der Waals surface area contributed by atoms with Gasteiger partial charge in [0, 0.05) is 12.8 Å². The lowest BCUT2D eigenvalue weighted by Crippen LogP contribution is -2.60. The van der Waals surface area contributed by atoms with Crippen molar-refractivity contribution in [3.63, 3.8) is 0 Å². The highest BCUT2D eigenvalue weighted by Gasteiger charge is 2.46. The maximum absolute atomic E-state index is 12.8. The number of hydrogen-bond acceptors (Lipinski definition) is 11. The minimum Gasteiger partial charge on any atom is -0.462 e. The zero-order valence-electron chi connectivity index (χ0n) is 40.3. The maximum Gasteiger partial charge on any atom is 0.306 e. The van der Waals surface area contributed by atoms with Gasteiger partial charge in [0.1, 0.15) is 36.8 Å². The summed E-state index contributed by atoms with van der Waals surface area (Å²) < 4.78 is 54.1. The molecule has 2 unspecified atom stereocenters. The van der Waals surface area contributed by atoms with Gasteiger partial charge in [-0.05, 0) is 51.4 Å². The first-order valence-corrected chi connectivity index (χ1v) is 27.0. The second kappa shape index (κ2) is 41.5. The number of aliphatic hydroxyl groups excluding tert-OH is 3. The van der Waals surface area contributed by atoms with Crippen LogP contribution in [0.3, 0.4) is 0 Å². The molecule has 0 spiro atoms. The Bertz CT molecular complexity index is 1420. The van der Waals surface area contributed by atoms with Crippen molar-refractivity contribution in [2.75, 3.05) is 19.0 Å². The Morgan fingerprint density at radius 3 is 1.43 bits per heavy atom. The molecule has 1 rings (SSSR count). The van der Waals surface area contributed by atoms with Gasteiger partial charge in [0.25, 0.3) is 10.1 Å². The number of rotatable bonds is 42. The van der Waals surface area contributed by atoms with Crippen LogP contribution in [0.5, 0.6) is 0 Å². The number of hydrogen-bond donors (Lipinski definition) is 4. The SMILES string of the molecule is CC/C=C/C/C=C/C/C=C/C/C=C/C/C=C/CCCC(=O)O[C@H](COC(=O)CCCCCCCCCCCCCCCCCCCCCC)CO[C@H]1O[C@H](CS(=O)(=O)O)[C@@H](O)C(O)C1O. The third kappa shape index (κ3) is 36.1. The normalized spacial score (nSPS) is 20.0. The Morgan fingerprint density at radius 2 is 0.969 bits per heavy atom. The van der Waals surface area contributed by atoms with E-state index in [-0.39, 0.29) is 19.4 Å². The Morgan fingerprint density at radius 1 is 0.538 bits per heavy atom. The zero-order chi connectivity index (χ0) is 47.6. The molecule has 0 aromatic rings. The molecule has 0 saturated carbocycles. The van der Waals surface area contributed by atoms with Crippen molar-refractivity contribution in [1.29, 1.82) is 0 Å². The predicted octanol–water partition coefficient (Wildman–Crippen LogP) is 11.3. The van der Waals surface area contributed by atoms with Crippen molar-refractivity contribution >= 4 is 22.1 Å². The second-order valence-electron chi connectivity index (χ2n) is 17.5. The van der Waals surface area contributed by atoms with Crippen molar-refractivity contribution < 1.29 is 56.8 Å². The standard InChI is InChI=1S/C52H90O12S/c1-3-5-7-9-11-13-15-17-19-21-22-23-25-26-28-30-32-34-36-38-40-47(53)61-42-45(43-62-52-51(57)50(56)49(55)46(64-52)44-65(58,59)60)63-48(54)41-39-37-35-33-31-29-27-24-20-18-16-14-12-10-8-6-4-2/h6,8,12,14,18,20,27,29,33,35,45-46,49-52,55-57H,3-5,7,9-11,13,15-17,19,21-26,28,30-32,34,36-44H2,1-2H3,(H,58,59,60)/b8-6+,14-12+,20-18+,29-27+,35-33+/t45-,46-,49-,50?,51?,52+/m1/s1. The Balaban J connectivity index is 2.41. The lowest BCUT2D eigenvalue weighted by atomic mass is 10.00. The van der Waals surface area contributed by atoms with Gasteiger partial charge in [-0.25, -0.2) is 0 Å². The summed E-state index contributed by atoms with van der Waals surface area (Å²) >= 11 is 0. The third-order valence-electron chi connectivity index (χ3n) is 11.4. The summed E-state index contributed by atoms with van der Waals surface area (Å²) in [6.07, 6.45) is 42.7. The average Bonchev–Trinajstić information content (AvgIpc) is 3.27. The van der Waals surface area contributed by atoms with Gasteiger partial charge < -0.3 is 34.3 Å². The van der Waals surface area contributed by atoms with E-state index in [1.807, 2.05) is 12.2 Å². The molecule has 0 aromatic heterocycles. The van der Waals surface area contributed by atoms with Crippen molar-refractivity contribution in [2.24, 2.45) is 0 Å². The van der Waals surface area contributed by atoms with E-state index in [0.29, 0.717) is 19.3 Å². The Hall–Kier alpha value is -2.65. The molecule has 1 aliphatic rings. The number of allylic oxidation sites excluding steroid dienone is 10. The average molecular weight is 939 g/mol. The van der Waals surface area contributed by atoms with Gasteiger partial charge in [0.15, 0.2) is 12.4 Å². The highest BCUT2D eigenvalue weighted by molar-refractivity contribution is 7.85. The number of unbranched alkanes of at least 4 members (excludes halogenated alkanes) is 20. The summed E-state index contributed by atoms with van der Waals surface area (Å²) in [5, 5.41) is 30.9. The van der Waals surface area contributed by atoms with Crippen LogP contribution < -0.4 is 0 Å². The molecule has 6 atom stereocenters. The van der Waals surface area contributed by atoms with Crippen LogP contribution in [0.15, 0.2) is 60.8 Å². The molecule has 0 amide bonds. The van der Waals surface area contributed by atoms with Crippen LogP contribution in [-0.2, 0) is 38.7 Å². The molecule has 12 nitrogen and oxygen atoms in total. The van der Waals surface area contributed by atoms with E-state index in [4.69, 9.17) is 18.9 Å². The lowest BCUT2D eigenvalue weighted by molar-refractivity contribution is -0.297. The van der Waals surface area contributed by atoms with Crippen LogP contribution in [0, 0.1) is 0 Å². The molecule has 1 fully saturated rings. The molecule has 0 aliphatic carbocycles. The van der Waals surface area contributed by atoms with Crippen molar-refractivity contribution in [3.8, 4) is 0 Å². The second-order valence-corrected chi connectivity index (χ2v) is 19.0. The monoisotopic (exact) mass is 939 g/mol. The zero-order valence-corrected chi connectivity index (χ0v) is 41.1. The van der Waals surface area contributed by atoms with Gasteiger partial charge in [-0.15, -0.1) is 0 Å². The number of carbonyl (C=O) groups is 2. The van der Waals surface area contributed by atoms with Crippen LogP contribution in [0.25, 0.3) is 0 Å². The summed E-state index contributed by atoms with van der Waals surface area (Å²) in [6, 6.07) is 0. The number of carbonyl (C=O) groups excluding carboxylic acids is 2. The quantitative estimate of drug-likeness (QED) is 0.0197. The van der Waals surface area contributed by atoms with E-state index in [2.05, 4.69) is 62.5 Å². The first-order valence-electron chi connectivity index (χ1n) is 25.3. The van der Waals surface area contributed by atoms with E-state index >= 15 is 0 Å². The third-order valence-corrected chi connectivity index (χ3v) is 12.1. The summed E-state index contributed by atoms with van der Waals surface area (Å²) in [7, 11) is -4.61.